The van der Waals surface area contributed by atoms with E-state index in [0.717, 1.165) is 58.9 Å². The van der Waals surface area contributed by atoms with E-state index in [1.807, 2.05) is 0 Å². The highest BCUT2D eigenvalue weighted by atomic mass is 16.5. The second-order valence-corrected chi connectivity index (χ2v) is 15.6. The maximum atomic E-state index is 11.9. The molecule has 10 rings (SSSR count). The molecule has 1 aromatic rings. The number of rotatable bonds is 4. The van der Waals surface area contributed by atoms with E-state index in [0.29, 0.717) is 53.6 Å². The minimum absolute atomic E-state index is 0.187. The summed E-state index contributed by atoms with van der Waals surface area (Å²) >= 11 is 0. The Labute approximate surface area is 231 Å². The van der Waals surface area contributed by atoms with Crippen LogP contribution in [0.4, 0.5) is 5.69 Å². The molecule has 0 spiro atoms. The quantitative estimate of drug-likeness (QED) is 0.310. The number of esters is 2. The SMILES string of the molecule is CC(=O)OC[C@H]1[C@H](COC(C)=O)[C@@H]2CC[C@H]1[C@H]1[C@H]3C[C@@H]([C@@H]21)[C@H]1[C@@H]3[C@]2(C)[C@@H]3[C@@H]([C@@H]4C[C@H]3c3cc(N)ccc34)[C@]12C. The van der Waals surface area contributed by atoms with Crippen LogP contribution in [-0.2, 0) is 19.1 Å². The van der Waals surface area contributed by atoms with E-state index in [-0.39, 0.29) is 11.9 Å². The maximum Gasteiger partial charge on any atom is 0.302 e. The molecule has 9 aliphatic carbocycles. The molecule has 0 radical (unpaired) electrons. The summed E-state index contributed by atoms with van der Waals surface area (Å²) in [4.78, 5) is 23.7. The minimum atomic E-state index is -0.188. The highest BCUT2D eigenvalue weighted by Crippen LogP contribution is 2.95. The van der Waals surface area contributed by atoms with Crippen molar-refractivity contribution < 1.29 is 19.1 Å². The van der Waals surface area contributed by atoms with Crippen LogP contribution >= 0.6 is 0 Å². The van der Waals surface area contributed by atoms with Crippen LogP contribution in [0.5, 0.6) is 0 Å². The van der Waals surface area contributed by atoms with Crippen LogP contribution in [0.15, 0.2) is 18.2 Å². The molecule has 0 unspecified atom stereocenters. The Morgan fingerprint density at radius 1 is 0.769 bits per heavy atom. The third-order valence-corrected chi connectivity index (χ3v) is 15.3. The van der Waals surface area contributed by atoms with Crippen LogP contribution in [0.1, 0.15) is 76.3 Å². The molecule has 6 bridgehead atoms. The van der Waals surface area contributed by atoms with Crippen molar-refractivity contribution in [2.24, 2.45) is 81.8 Å². The zero-order valence-electron chi connectivity index (χ0n) is 23.8. The Morgan fingerprint density at radius 3 is 1.79 bits per heavy atom. The zero-order valence-corrected chi connectivity index (χ0v) is 23.8. The third kappa shape index (κ3) is 2.42. The standard InChI is InChI=1S/C34H43NO4/c1-14(36)38-12-25-18-7-8-19(26(25)13-39-15(2)37)28-24-11-23(27(18)28)31-32(24)34(4)30-22-10-21(29(30)33(31,34)3)17-6-5-16(35)9-20(17)22/h5-6,9,18-19,21-32H,7-8,10-13,35H2,1-4H3/t18-,19+,21+,22-,23-,24+,25+,26+,27+,28-,29+,30-,31-,32+,33+,34-/m0/s1. The van der Waals surface area contributed by atoms with Gasteiger partial charge in [-0.3, -0.25) is 9.59 Å². The first-order chi connectivity index (χ1) is 18.7. The van der Waals surface area contributed by atoms with Crippen LogP contribution in [0, 0.1) is 81.8 Å². The van der Waals surface area contributed by atoms with Crippen molar-refractivity contribution in [1.29, 1.82) is 0 Å². The predicted molar refractivity (Wildman–Crippen MR) is 146 cm³/mol. The Balaban J connectivity index is 1.07. The Bertz CT molecular complexity index is 1310. The minimum Gasteiger partial charge on any atom is -0.466 e. The number of nitrogens with two attached hydrogens (primary N) is 1. The van der Waals surface area contributed by atoms with E-state index < -0.39 is 0 Å². The van der Waals surface area contributed by atoms with Crippen molar-refractivity contribution in [3.8, 4) is 0 Å². The third-order valence-electron chi connectivity index (χ3n) is 15.3. The van der Waals surface area contributed by atoms with Crippen molar-refractivity contribution in [3.05, 3.63) is 29.3 Å². The second kappa shape index (κ2) is 7.23. The van der Waals surface area contributed by atoms with Crippen LogP contribution in [0.25, 0.3) is 0 Å². The van der Waals surface area contributed by atoms with Crippen LogP contribution in [-0.4, -0.2) is 25.2 Å². The smallest absolute Gasteiger partial charge is 0.302 e. The van der Waals surface area contributed by atoms with E-state index in [4.69, 9.17) is 15.2 Å². The second-order valence-electron chi connectivity index (χ2n) is 15.6. The van der Waals surface area contributed by atoms with E-state index in [2.05, 4.69) is 32.0 Å². The molecule has 0 saturated heterocycles. The van der Waals surface area contributed by atoms with E-state index in [1.54, 1.807) is 11.1 Å². The van der Waals surface area contributed by atoms with Gasteiger partial charge in [-0.2, -0.15) is 0 Å². The van der Waals surface area contributed by atoms with Crippen LogP contribution in [0.3, 0.4) is 0 Å². The number of hydrogen-bond acceptors (Lipinski definition) is 5. The number of hydrogen-bond donors (Lipinski definition) is 1. The van der Waals surface area contributed by atoms with Crippen molar-refractivity contribution >= 4 is 17.6 Å². The van der Waals surface area contributed by atoms with Gasteiger partial charge >= 0.3 is 11.9 Å². The molecule has 16 atom stereocenters. The Morgan fingerprint density at radius 2 is 1.28 bits per heavy atom. The van der Waals surface area contributed by atoms with Gasteiger partial charge in [0, 0.05) is 31.4 Å². The zero-order chi connectivity index (χ0) is 26.7. The summed E-state index contributed by atoms with van der Waals surface area (Å²) in [5.74, 6) is 9.53. The molecule has 208 valence electrons. The molecule has 0 heterocycles. The first-order valence-electron chi connectivity index (χ1n) is 15.8. The molecule has 9 aliphatic rings. The van der Waals surface area contributed by atoms with E-state index in [1.165, 1.54) is 39.5 Å². The number of carbonyl (C=O) groups excluding carboxylic acids is 2. The molecular formula is C34H43NO4. The maximum absolute atomic E-state index is 11.9. The summed E-state index contributed by atoms with van der Waals surface area (Å²) in [6.07, 6.45) is 5.28. The Hall–Kier alpha value is -2.04. The fraction of sp³-hybridized carbons (Fsp3) is 0.765. The van der Waals surface area contributed by atoms with Crippen molar-refractivity contribution in [3.63, 3.8) is 0 Å². The summed E-state index contributed by atoms with van der Waals surface area (Å²) in [5.41, 5.74) is 11.3. The average molecular weight is 530 g/mol. The summed E-state index contributed by atoms with van der Waals surface area (Å²) in [6.45, 7) is 9.47. The molecule has 8 saturated carbocycles. The van der Waals surface area contributed by atoms with E-state index in [9.17, 15) is 9.59 Å². The van der Waals surface area contributed by atoms with E-state index >= 15 is 0 Å². The summed E-state index contributed by atoms with van der Waals surface area (Å²) in [6, 6.07) is 6.81. The lowest BCUT2D eigenvalue weighted by Crippen LogP contribution is -2.81. The fourth-order valence-electron chi connectivity index (χ4n) is 14.9. The number of fused-ring (bicyclic) bond motifs is 20. The number of benzene rings is 1. The normalized spacial score (nSPS) is 55.5. The predicted octanol–water partition coefficient (Wildman–Crippen LogP) is 5.64. The molecule has 0 aromatic heterocycles. The highest BCUT2D eigenvalue weighted by molar-refractivity contribution is 5.66. The molecule has 2 N–H and O–H groups in total. The van der Waals surface area contributed by atoms with Crippen molar-refractivity contribution in [1.82, 2.24) is 0 Å². The topological polar surface area (TPSA) is 78.6 Å². The van der Waals surface area contributed by atoms with Gasteiger partial charge in [0.25, 0.3) is 0 Å². The molecule has 5 nitrogen and oxygen atoms in total. The van der Waals surface area contributed by atoms with Gasteiger partial charge in [-0.05, 0) is 131 Å². The molecular weight excluding hydrogens is 486 g/mol. The van der Waals surface area contributed by atoms with Gasteiger partial charge in [-0.15, -0.1) is 0 Å². The van der Waals surface area contributed by atoms with Crippen molar-refractivity contribution in [2.75, 3.05) is 18.9 Å². The number of nitrogen functional groups attached to an aromatic ring is 1. The summed E-state index contributed by atoms with van der Waals surface area (Å²) in [5, 5.41) is 0. The van der Waals surface area contributed by atoms with Gasteiger partial charge in [0.1, 0.15) is 0 Å². The van der Waals surface area contributed by atoms with Gasteiger partial charge < -0.3 is 15.2 Å². The monoisotopic (exact) mass is 529 g/mol. The number of ether oxygens (including phenoxy) is 2. The molecule has 8 fully saturated rings. The lowest BCUT2D eigenvalue weighted by Gasteiger charge is -2.85. The summed E-state index contributed by atoms with van der Waals surface area (Å²) in [7, 11) is 0. The van der Waals surface area contributed by atoms with Crippen LogP contribution < -0.4 is 5.73 Å². The number of anilines is 1. The highest BCUT2D eigenvalue weighted by Gasteiger charge is 2.90. The van der Waals surface area contributed by atoms with Crippen LogP contribution in [0.2, 0.25) is 0 Å². The van der Waals surface area contributed by atoms with Gasteiger partial charge in [0.15, 0.2) is 0 Å². The van der Waals surface area contributed by atoms with Crippen molar-refractivity contribution in [2.45, 2.75) is 65.2 Å². The Kier molecular flexibility index (Phi) is 4.38. The average Bonchev–Trinajstić information content (AvgIpc) is 3.66. The van der Waals surface area contributed by atoms with Gasteiger partial charge in [-0.25, -0.2) is 0 Å². The molecule has 0 amide bonds. The van der Waals surface area contributed by atoms with Gasteiger partial charge in [-0.1, -0.05) is 19.9 Å². The first kappa shape index (κ1) is 23.6. The van der Waals surface area contributed by atoms with Gasteiger partial charge in [0.2, 0.25) is 0 Å². The lowest BCUT2D eigenvalue weighted by atomic mass is 9.18. The number of carbonyl (C=O) groups is 2. The molecule has 39 heavy (non-hydrogen) atoms. The molecule has 1 aromatic carbocycles. The lowest BCUT2D eigenvalue weighted by molar-refractivity contribution is -0.378. The first-order valence-corrected chi connectivity index (χ1v) is 15.8. The summed E-state index contributed by atoms with van der Waals surface area (Å²) < 4.78 is 11.4. The fourth-order valence-corrected chi connectivity index (χ4v) is 14.9. The van der Waals surface area contributed by atoms with Gasteiger partial charge in [0.05, 0.1) is 13.2 Å². The largest absolute Gasteiger partial charge is 0.466 e. The molecule has 5 heteroatoms. The molecule has 0 aliphatic heterocycles.